The highest BCUT2D eigenvalue weighted by molar-refractivity contribution is 5.89. The summed E-state index contributed by atoms with van der Waals surface area (Å²) in [4.78, 5) is 11.5. The van der Waals surface area contributed by atoms with Gasteiger partial charge in [0.25, 0.3) is 0 Å². The summed E-state index contributed by atoms with van der Waals surface area (Å²) in [7, 11) is 1.61. The van der Waals surface area contributed by atoms with Crippen LogP contribution >= 0.6 is 0 Å². The van der Waals surface area contributed by atoms with E-state index in [0.29, 0.717) is 13.2 Å². The number of aryl methyl sites for hydroxylation is 2. The fourth-order valence-electron chi connectivity index (χ4n) is 2.09. The molecule has 0 bridgehead atoms. The Morgan fingerprint density at radius 2 is 2.18 bits per heavy atom. The largest absolute Gasteiger partial charge is 0.383 e. The van der Waals surface area contributed by atoms with E-state index in [1.165, 1.54) is 17.5 Å². The van der Waals surface area contributed by atoms with Crippen molar-refractivity contribution in [2.24, 2.45) is 0 Å². The monoisotopic (exact) mass is 234 g/mol. The lowest BCUT2D eigenvalue weighted by molar-refractivity contribution is 0.198. The number of fused-ring (bicyclic) bond motifs is 1. The van der Waals surface area contributed by atoms with Crippen molar-refractivity contribution in [2.45, 2.75) is 19.3 Å². The van der Waals surface area contributed by atoms with Gasteiger partial charge in [0, 0.05) is 19.3 Å². The highest BCUT2D eigenvalue weighted by atomic mass is 16.5. The topological polar surface area (TPSA) is 50.4 Å². The van der Waals surface area contributed by atoms with Gasteiger partial charge in [-0.25, -0.2) is 4.79 Å². The molecule has 17 heavy (non-hydrogen) atoms. The third-order valence-electron chi connectivity index (χ3n) is 2.95. The van der Waals surface area contributed by atoms with Gasteiger partial charge in [-0.05, 0) is 42.5 Å². The summed E-state index contributed by atoms with van der Waals surface area (Å²) >= 11 is 0. The number of amides is 2. The summed E-state index contributed by atoms with van der Waals surface area (Å²) < 4.78 is 4.86. The quantitative estimate of drug-likeness (QED) is 0.782. The molecule has 4 nitrogen and oxygen atoms in total. The number of hydrogen-bond donors (Lipinski definition) is 2. The predicted octanol–water partition coefficient (Wildman–Crippen LogP) is 1.94. The molecule has 0 spiro atoms. The van der Waals surface area contributed by atoms with Crippen LogP contribution in [0.2, 0.25) is 0 Å². The average molecular weight is 234 g/mol. The fourth-order valence-corrected chi connectivity index (χ4v) is 2.09. The minimum atomic E-state index is -0.181. The van der Waals surface area contributed by atoms with E-state index in [2.05, 4.69) is 22.8 Å². The van der Waals surface area contributed by atoms with E-state index in [1.807, 2.05) is 6.07 Å². The number of anilines is 1. The van der Waals surface area contributed by atoms with Crippen LogP contribution in [-0.2, 0) is 17.6 Å². The first kappa shape index (κ1) is 11.9. The van der Waals surface area contributed by atoms with Gasteiger partial charge in [0.1, 0.15) is 0 Å². The van der Waals surface area contributed by atoms with Crippen molar-refractivity contribution in [1.29, 1.82) is 0 Å². The third-order valence-corrected chi connectivity index (χ3v) is 2.95. The Morgan fingerprint density at radius 3 is 3.00 bits per heavy atom. The Morgan fingerprint density at radius 1 is 1.35 bits per heavy atom. The van der Waals surface area contributed by atoms with Crippen LogP contribution in [0.5, 0.6) is 0 Å². The van der Waals surface area contributed by atoms with Crippen LogP contribution in [0.1, 0.15) is 17.5 Å². The van der Waals surface area contributed by atoms with Gasteiger partial charge in [0.15, 0.2) is 0 Å². The molecule has 0 heterocycles. The SMILES string of the molecule is COCCNC(=O)Nc1ccc2c(c1)CCC2. The number of rotatable bonds is 4. The van der Waals surface area contributed by atoms with Crippen LogP contribution in [0.15, 0.2) is 18.2 Å². The number of carbonyl (C=O) groups is 1. The lowest BCUT2D eigenvalue weighted by Crippen LogP contribution is -2.31. The summed E-state index contributed by atoms with van der Waals surface area (Å²) in [5.74, 6) is 0. The molecule has 1 aliphatic carbocycles. The van der Waals surface area contributed by atoms with Gasteiger partial charge in [0.2, 0.25) is 0 Å². The van der Waals surface area contributed by atoms with Crippen LogP contribution in [-0.4, -0.2) is 26.3 Å². The molecule has 1 aromatic rings. The zero-order valence-corrected chi connectivity index (χ0v) is 10.1. The lowest BCUT2D eigenvalue weighted by atomic mass is 10.1. The summed E-state index contributed by atoms with van der Waals surface area (Å²) in [5.41, 5.74) is 3.63. The predicted molar refractivity (Wildman–Crippen MR) is 67.4 cm³/mol. The average Bonchev–Trinajstić information content (AvgIpc) is 2.76. The molecule has 1 aromatic carbocycles. The smallest absolute Gasteiger partial charge is 0.319 e. The summed E-state index contributed by atoms with van der Waals surface area (Å²) in [6, 6.07) is 5.95. The second kappa shape index (κ2) is 5.68. The van der Waals surface area contributed by atoms with Crippen molar-refractivity contribution in [2.75, 3.05) is 25.6 Å². The Labute approximate surface area is 101 Å². The van der Waals surface area contributed by atoms with Crippen LogP contribution in [0.25, 0.3) is 0 Å². The van der Waals surface area contributed by atoms with Crippen LogP contribution in [0, 0.1) is 0 Å². The molecule has 0 saturated carbocycles. The molecule has 0 atom stereocenters. The standard InChI is InChI=1S/C13H18N2O2/c1-17-8-7-14-13(16)15-12-6-5-10-3-2-4-11(10)9-12/h5-6,9H,2-4,7-8H2,1H3,(H2,14,15,16). The molecular weight excluding hydrogens is 216 g/mol. The fraction of sp³-hybridized carbons (Fsp3) is 0.462. The maximum absolute atomic E-state index is 11.5. The molecule has 0 aromatic heterocycles. The first-order chi connectivity index (χ1) is 8.29. The number of methoxy groups -OCH3 is 1. The number of urea groups is 1. The van der Waals surface area contributed by atoms with Crippen molar-refractivity contribution in [3.63, 3.8) is 0 Å². The summed E-state index contributed by atoms with van der Waals surface area (Å²) in [6.45, 7) is 1.05. The maximum Gasteiger partial charge on any atom is 0.319 e. The number of nitrogens with one attached hydrogen (secondary N) is 2. The second-order valence-electron chi connectivity index (χ2n) is 4.21. The van der Waals surface area contributed by atoms with Gasteiger partial charge in [-0.1, -0.05) is 6.07 Å². The number of hydrogen-bond acceptors (Lipinski definition) is 2. The summed E-state index contributed by atoms with van der Waals surface area (Å²) in [5, 5.41) is 5.55. The molecule has 2 amide bonds. The first-order valence-electron chi connectivity index (χ1n) is 5.95. The van der Waals surface area contributed by atoms with Crippen LogP contribution in [0.3, 0.4) is 0 Å². The van der Waals surface area contributed by atoms with Crippen molar-refractivity contribution in [1.82, 2.24) is 5.32 Å². The molecule has 0 unspecified atom stereocenters. The van der Waals surface area contributed by atoms with Gasteiger partial charge in [-0.3, -0.25) is 0 Å². The third kappa shape index (κ3) is 3.20. The Hall–Kier alpha value is -1.55. The van der Waals surface area contributed by atoms with E-state index >= 15 is 0 Å². The summed E-state index contributed by atoms with van der Waals surface area (Å²) in [6.07, 6.45) is 3.50. The molecule has 0 saturated heterocycles. The number of ether oxygens (including phenoxy) is 1. The molecule has 0 aliphatic heterocycles. The Balaban J connectivity index is 1.88. The minimum Gasteiger partial charge on any atom is -0.383 e. The second-order valence-corrected chi connectivity index (χ2v) is 4.21. The molecule has 0 fully saturated rings. The van der Waals surface area contributed by atoms with Gasteiger partial charge >= 0.3 is 6.03 Å². The van der Waals surface area contributed by atoms with Gasteiger partial charge in [-0.2, -0.15) is 0 Å². The highest BCUT2D eigenvalue weighted by Crippen LogP contribution is 2.24. The molecule has 2 rings (SSSR count). The van der Waals surface area contributed by atoms with E-state index < -0.39 is 0 Å². The van der Waals surface area contributed by atoms with Crippen LogP contribution in [0.4, 0.5) is 10.5 Å². The minimum absolute atomic E-state index is 0.181. The van der Waals surface area contributed by atoms with E-state index in [4.69, 9.17) is 4.74 Å². The van der Waals surface area contributed by atoms with Gasteiger partial charge in [-0.15, -0.1) is 0 Å². The Bertz CT molecular complexity index is 404. The van der Waals surface area contributed by atoms with E-state index in [0.717, 1.165) is 18.5 Å². The lowest BCUT2D eigenvalue weighted by Gasteiger charge is -2.08. The van der Waals surface area contributed by atoms with Crippen molar-refractivity contribution in [3.05, 3.63) is 29.3 Å². The van der Waals surface area contributed by atoms with Gasteiger partial charge < -0.3 is 15.4 Å². The van der Waals surface area contributed by atoms with Crippen molar-refractivity contribution < 1.29 is 9.53 Å². The Kier molecular flexibility index (Phi) is 3.98. The molecule has 92 valence electrons. The van der Waals surface area contributed by atoms with Gasteiger partial charge in [0.05, 0.1) is 6.61 Å². The number of benzene rings is 1. The first-order valence-corrected chi connectivity index (χ1v) is 5.95. The van der Waals surface area contributed by atoms with Crippen LogP contribution < -0.4 is 10.6 Å². The highest BCUT2D eigenvalue weighted by Gasteiger charge is 2.11. The molecule has 2 N–H and O–H groups in total. The molecular formula is C13H18N2O2. The maximum atomic E-state index is 11.5. The number of carbonyl (C=O) groups excluding carboxylic acids is 1. The molecule has 1 aliphatic rings. The molecule has 4 heteroatoms. The van der Waals surface area contributed by atoms with E-state index in [1.54, 1.807) is 7.11 Å². The van der Waals surface area contributed by atoms with Crippen molar-refractivity contribution in [3.8, 4) is 0 Å². The van der Waals surface area contributed by atoms with E-state index in [9.17, 15) is 4.79 Å². The zero-order valence-electron chi connectivity index (χ0n) is 10.1. The van der Waals surface area contributed by atoms with Crippen molar-refractivity contribution >= 4 is 11.7 Å². The molecule has 0 radical (unpaired) electrons. The normalized spacial score (nSPS) is 13.2. The zero-order chi connectivity index (χ0) is 12.1. The van der Waals surface area contributed by atoms with E-state index in [-0.39, 0.29) is 6.03 Å².